The molecule has 0 unspecified atom stereocenters. The van der Waals surface area contributed by atoms with Crippen LogP contribution in [0.1, 0.15) is 64.4 Å². The lowest BCUT2D eigenvalue weighted by Gasteiger charge is -2.16. The van der Waals surface area contributed by atoms with Gasteiger partial charge in [0.15, 0.2) is 0 Å². The Hall–Kier alpha value is -3.30. The van der Waals surface area contributed by atoms with Crippen LogP contribution in [-0.2, 0) is 6.54 Å². The van der Waals surface area contributed by atoms with Crippen molar-refractivity contribution in [2.45, 2.75) is 65.3 Å². The molecule has 0 radical (unpaired) electrons. The molecule has 2 aliphatic rings. The van der Waals surface area contributed by atoms with E-state index >= 15 is 0 Å². The van der Waals surface area contributed by atoms with Crippen LogP contribution in [0.25, 0.3) is 38.5 Å². The maximum absolute atomic E-state index is 7.20. The monoisotopic (exact) mass is 651 g/mol. The van der Waals surface area contributed by atoms with E-state index in [1.165, 1.54) is 60.5 Å². The summed E-state index contributed by atoms with van der Waals surface area (Å²) in [6.45, 7) is 6.42. The van der Waals surface area contributed by atoms with Gasteiger partial charge >= 0.3 is 0 Å². The fourth-order valence-electron chi connectivity index (χ4n) is 7.18. The zero-order valence-electron chi connectivity index (χ0n) is 26.0. The van der Waals surface area contributed by atoms with Crippen LogP contribution in [-0.4, -0.2) is 21.4 Å². The van der Waals surface area contributed by atoms with E-state index in [1.807, 2.05) is 6.07 Å². The largest absolute Gasteiger partial charge is 0.340 e. The minimum atomic E-state index is 0.779. The normalized spacial score (nSPS) is 16.7. The van der Waals surface area contributed by atoms with Crippen LogP contribution in [0.4, 0.5) is 5.69 Å². The third-order valence-electron chi connectivity index (χ3n) is 9.41. The molecule has 228 valence electrons. The molecule has 0 amide bonds. The van der Waals surface area contributed by atoms with Crippen molar-refractivity contribution in [1.82, 2.24) is 4.57 Å². The smallest absolute Gasteiger partial charge is 0.214 e. The van der Waals surface area contributed by atoms with E-state index in [4.69, 9.17) is 34.8 Å². The maximum atomic E-state index is 7.20. The molecule has 0 saturated carbocycles. The third-order valence-corrected chi connectivity index (χ3v) is 10.4. The molecule has 4 aromatic carbocycles. The molecule has 0 spiro atoms. The van der Waals surface area contributed by atoms with Crippen LogP contribution < -0.4 is 5.35 Å². The molecule has 0 atom stereocenters. The third kappa shape index (κ3) is 5.46. The molecule has 1 aromatic heterocycles. The molecule has 1 aliphatic carbocycles. The highest BCUT2D eigenvalue weighted by atomic mass is 35.5. The van der Waals surface area contributed by atoms with Gasteiger partial charge in [-0.2, -0.15) is 4.58 Å². The Bertz CT molecular complexity index is 2140. The van der Waals surface area contributed by atoms with Crippen LogP contribution in [0.5, 0.6) is 0 Å². The summed E-state index contributed by atoms with van der Waals surface area (Å²) in [5, 5.41) is 9.79. The summed E-state index contributed by atoms with van der Waals surface area (Å²) < 4.78 is 4.90. The number of rotatable bonds is 9. The van der Waals surface area contributed by atoms with Crippen LogP contribution in [0.15, 0.2) is 95.1 Å². The molecule has 0 saturated heterocycles. The second kappa shape index (κ2) is 12.8. The van der Waals surface area contributed by atoms with Crippen molar-refractivity contribution in [3.8, 4) is 0 Å². The lowest BCUT2D eigenvalue weighted by atomic mass is 9.93. The Morgan fingerprint density at radius 2 is 1.64 bits per heavy atom. The molecule has 2 heterocycles. The minimum absolute atomic E-state index is 0.779. The average molecular weight is 653 g/mol. The maximum Gasteiger partial charge on any atom is 0.214 e. The molecule has 1 aliphatic heterocycles. The summed E-state index contributed by atoms with van der Waals surface area (Å²) in [5.74, 6) is 0. The Morgan fingerprint density at radius 1 is 0.822 bits per heavy atom. The fourth-order valence-corrected chi connectivity index (χ4v) is 7.93. The molecule has 2 nitrogen and oxygen atoms in total. The average Bonchev–Trinajstić information content (AvgIpc) is 3.52. The number of unbranched alkanes of at least 4 members (excludes halogenated alkanes) is 2. The minimum Gasteiger partial charge on any atom is -0.340 e. The van der Waals surface area contributed by atoms with Gasteiger partial charge in [-0.15, -0.1) is 0 Å². The molecule has 0 N–H and O–H groups in total. The van der Waals surface area contributed by atoms with Gasteiger partial charge in [0.05, 0.1) is 16.5 Å². The molecule has 5 heteroatoms. The van der Waals surface area contributed by atoms with E-state index in [0.717, 1.165) is 78.5 Å². The van der Waals surface area contributed by atoms with Crippen LogP contribution in [0.3, 0.4) is 0 Å². The first-order valence-corrected chi connectivity index (χ1v) is 17.5. The van der Waals surface area contributed by atoms with Crippen molar-refractivity contribution >= 4 is 84.7 Å². The Labute approximate surface area is 280 Å². The molecule has 0 fully saturated rings. The van der Waals surface area contributed by atoms with Gasteiger partial charge in [-0.25, -0.2) is 0 Å². The van der Waals surface area contributed by atoms with Crippen molar-refractivity contribution in [2.75, 3.05) is 6.54 Å². The molecular weight excluding hydrogens is 615 g/mol. The van der Waals surface area contributed by atoms with E-state index in [1.54, 1.807) is 0 Å². The Balaban J connectivity index is 1.30. The molecule has 5 aromatic rings. The second-order valence-corrected chi connectivity index (χ2v) is 13.5. The number of nitrogens with zero attached hydrogens (tertiary/aromatic N) is 2. The highest BCUT2D eigenvalue weighted by Crippen LogP contribution is 2.40. The Morgan fingerprint density at radius 3 is 2.49 bits per heavy atom. The first-order chi connectivity index (χ1) is 22.0. The topological polar surface area (TPSA) is 7.94 Å². The first kappa shape index (κ1) is 30.4. The van der Waals surface area contributed by atoms with Crippen molar-refractivity contribution in [3.63, 3.8) is 0 Å². The summed E-state index contributed by atoms with van der Waals surface area (Å²) in [6, 6.07) is 21.4. The van der Waals surface area contributed by atoms with Crippen molar-refractivity contribution in [3.05, 3.63) is 116 Å². The van der Waals surface area contributed by atoms with Gasteiger partial charge in [0.1, 0.15) is 6.54 Å². The zero-order chi connectivity index (χ0) is 31.1. The number of hydrogen-bond acceptors (Lipinski definition) is 0. The van der Waals surface area contributed by atoms with Crippen molar-refractivity contribution in [2.24, 2.45) is 0 Å². The second-order valence-electron chi connectivity index (χ2n) is 12.3. The number of allylic oxidation sites excluding steroid dienone is 6. The van der Waals surface area contributed by atoms with E-state index in [9.17, 15) is 0 Å². The highest BCUT2D eigenvalue weighted by Gasteiger charge is 2.31. The Kier molecular flexibility index (Phi) is 8.66. The van der Waals surface area contributed by atoms with Gasteiger partial charge in [0.25, 0.3) is 0 Å². The summed E-state index contributed by atoms with van der Waals surface area (Å²) in [7, 11) is 0. The van der Waals surface area contributed by atoms with E-state index in [2.05, 4.69) is 102 Å². The highest BCUT2D eigenvalue weighted by molar-refractivity contribution is 6.37. The van der Waals surface area contributed by atoms with Gasteiger partial charge in [0.2, 0.25) is 11.4 Å². The molecule has 45 heavy (non-hydrogen) atoms. The van der Waals surface area contributed by atoms with E-state index < -0.39 is 0 Å². The quantitative estimate of drug-likeness (QED) is 0.140. The van der Waals surface area contributed by atoms with E-state index in [0.29, 0.717) is 0 Å². The molecular formula is C40H38Cl3N2+. The van der Waals surface area contributed by atoms with Crippen LogP contribution in [0, 0.1) is 0 Å². The van der Waals surface area contributed by atoms with Gasteiger partial charge in [-0.1, -0.05) is 104 Å². The first-order valence-electron chi connectivity index (χ1n) is 16.3. The number of hydrogen-bond donors (Lipinski definition) is 0. The van der Waals surface area contributed by atoms with Crippen molar-refractivity contribution in [1.29, 1.82) is 0 Å². The van der Waals surface area contributed by atoms with E-state index in [-0.39, 0.29) is 0 Å². The van der Waals surface area contributed by atoms with Gasteiger partial charge in [0, 0.05) is 61.7 Å². The van der Waals surface area contributed by atoms with Crippen LogP contribution in [0.2, 0.25) is 10.0 Å². The summed E-state index contributed by atoms with van der Waals surface area (Å²) in [6.07, 6.45) is 16.6. The summed E-state index contributed by atoms with van der Waals surface area (Å²) in [4.78, 5) is 0. The fraction of sp³-hybridized carbons (Fsp3) is 0.275. The van der Waals surface area contributed by atoms with Gasteiger partial charge in [-0.3, -0.25) is 0 Å². The standard InChI is InChI=1S/C40H38Cl3N2/c1-3-5-22-44-35(32-15-9-13-30-33(42)18-21-36(44)39(30)32)20-17-27-11-7-10-26(40(27)43)16-19-34-31-14-8-12-28-24-29(41)25-37(38(28)31)45(34)23-6-4-2/h8-9,12-21,24-25H,3-7,10-11,22-23H2,1-2H3/q+1. The van der Waals surface area contributed by atoms with Gasteiger partial charge in [-0.05, 0) is 72.6 Å². The molecule has 7 rings (SSSR count). The number of aromatic nitrogens is 1. The zero-order valence-corrected chi connectivity index (χ0v) is 28.2. The van der Waals surface area contributed by atoms with Gasteiger partial charge < -0.3 is 4.57 Å². The summed E-state index contributed by atoms with van der Waals surface area (Å²) >= 11 is 20.4. The van der Waals surface area contributed by atoms with Crippen molar-refractivity contribution < 1.29 is 4.58 Å². The SMILES string of the molecule is CCCCn1c(=CC=C2CCCC(C=CC3=[N+](CCCC)c4ccc(Cl)c5cccc3c45)=C2Cl)c2cccc3cc(Cl)cc1c32. The summed E-state index contributed by atoms with van der Waals surface area (Å²) in [5.41, 5.74) is 7.32. The number of benzene rings is 4. The predicted octanol–water partition coefficient (Wildman–Crippen LogP) is 11.7. The molecule has 0 bridgehead atoms. The number of halogens is 3. The lowest BCUT2D eigenvalue weighted by molar-refractivity contribution is -0.436. The predicted molar refractivity (Wildman–Crippen MR) is 196 cm³/mol. The number of aryl methyl sites for hydroxylation is 1. The lowest BCUT2D eigenvalue weighted by Crippen LogP contribution is -2.16. The van der Waals surface area contributed by atoms with Crippen LogP contribution >= 0.6 is 34.8 Å².